The summed E-state index contributed by atoms with van der Waals surface area (Å²) in [5.74, 6) is 2.32. The van der Waals surface area contributed by atoms with Crippen LogP contribution in [-0.4, -0.2) is 23.6 Å². The second kappa shape index (κ2) is 8.85. The third kappa shape index (κ3) is 5.21. The Kier molecular flexibility index (Phi) is 6.04. The molecule has 0 unspecified atom stereocenters. The van der Waals surface area contributed by atoms with Crippen molar-refractivity contribution in [3.8, 4) is 5.75 Å². The van der Waals surface area contributed by atoms with Gasteiger partial charge in [0.2, 0.25) is 5.95 Å². The molecule has 1 heterocycles. The van der Waals surface area contributed by atoms with Crippen LogP contribution < -0.4 is 15.4 Å². The van der Waals surface area contributed by atoms with E-state index >= 15 is 0 Å². The van der Waals surface area contributed by atoms with Gasteiger partial charge in [0.1, 0.15) is 11.6 Å². The maximum absolute atomic E-state index is 5.18. The lowest BCUT2D eigenvalue weighted by molar-refractivity contribution is 0.414. The molecule has 1 aromatic heterocycles. The first kappa shape index (κ1) is 17.7. The highest BCUT2D eigenvalue weighted by Gasteiger charge is 2.00. The smallest absolute Gasteiger partial charge is 0.224 e. The molecular formula is C21H24N4O. The fourth-order valence-corrected chi connectivity index (χ4v) is 2.56. The minimum atomic E-state index is 0.625. The van der Waals surface area contributed by atoms with Gasteiger partial charge in [-0.3, -0.25) is 0 Å². The number of aromatic nitrogens is 2. The van der Waals surface area contributed by atoms with Gasteiger partial charge in [-0.15, -0.1) is 0 Å². The van der Waals surface area contributed by atoms with Crippen LogP contribution in [0.5, 0.6) is 5.75 Å². The molecule has 134 valence electrons. The molecule has 2 N–H and O–H groups in total. The van der Waals surface area contributed by atoms with Gasteiger partial charge in [0, 0.05) is 19.3 Å². The number of nitrogens with zero attached hydrogens (tertiary/aromatic N) is 2. The zero-order valence-corrected chi connectivity index (χ0v) is 15.2. The van der Waals surface area contributed by atoms with Crippen molar-refractivity contribution in [2.45, 2.75) is 19.9 Å². The Morgan fingerprint density at radius 2 is 1.62 bits per heavy atom. The number of hydrogen-bond acceptors (Lipinski definition) is 5. The van der Waals surface area contributed by atoms with Crippen molar-refractivity contribution in [3.05, 3.63) is 77.5 Å². The van der Waals surface area contributed by atoms with Gasteiger partial charge in [-0.25, -0.2) is 4.98 Å². The summed E-state index contributed by atoms with van der Waals surface area (Å²) < 4.78 is 5.18. The van der Waals surface area contributed by atoms with Gasteiger partial charge in [-0.1, -0.05) is 42.0 Å². The summed E-state index contributed by atoms with van der Waals surface area (Å²) in [5.41, 5.74) is 3.72. The first-order valence-corrected chi connectivity index (χ1v) is 8.72. The normalized spacial score (nSPS) is 10.4. The van der Waals surface area contributed by atoms with E-state index in [1.165, 1.54) is 16.7 Å². The molecule has 0 aliphatic rings. The highest BCUT2D eigenvalue weighted by Crippen LogP contribution is 2.12. The van der Waals surface area contributed by atoms with E-state index in [4.69, 9.17) is 4.74 Å². The van der Waals surface area contributed by atoms with Gasteiger partial charge < -0.3 is 15.4 Å². The first-order chi connectivity index (χ1) is 12.7. The number of aryl methyl sites for hydroxylation is 1. The third-order valence-electron chi connectivity index (χ3n) is 4.11. The van der Waals surface area contributed by atoms with Crippen LogP contribution in [0, 0.1) is 6.92 Å². The molecule has 0 fully saturated rings. The SMILES string of the molecule is COc1ccc(CCNc2ccnc(NCc3ccc(C)cc3)n2)cc1. The van der Waals surface area contributed by atoms with Gasteiger partial charge in [0.15, 0.2) is 0 Å². The predicted octanol–water partition coefficient (Wildman–Crippen LogP) is 4.06. The van der Waals surface area contributed by atoms with Crippen LogP contribution in [0.3, 0.4) is 0 Å². The van der Waals surface area contributed by atoms with E-state index in [1.807, 2.05) is 18.2 Å². The van der Waals surface area contributed by atoms with Crippen LogP contribution in [0.2, 0.25) is 0 Å². The van der Waals surface area contributed by atoms with Crippen molar-refractivity contribution in [2.24, 2.45) is 0 Å². The van der Waals surface area contributed by atoms with E-state index < -0.39 is 0 Å². The fraction of sp³-hybridized carbons (Fsp3) is 0.238. The second-order valence-electron chi connectivity index (χ2n) is 6.13. The number of rotatable bonds is 8. The first-order valence-electron chi connectivity index (χ1n) is 8.72. The number of benzene rings is 2. The van der Waals surface area contributed by atoms with Gasteiger partial charge in [0.25, 0.3) is 0 Å². The zero-order chi connectivity index (χ0) is 18.2. The minimum absolute atomic E-state index is 0.625. The number of methoxy groups -OCH3 is 1. The molecule has 0 aliphatic heterocycles. The molecule has 0 aliphatic carbocycles. The summed E-state index contributed by atoms with van der Waals surface area (Å²) >= 11 is 0. The van der Waals surface area contributed by atoms with E-state index in [0.29, 0.717) is 12.5 Å². The maximum Gasteiger partial charge on any atom is 0.224 e. The largest absolute Gasteiger partial charge is 0.497 e. The van der Waals surface area contributed by atoms with E-state index in [0.717, 1.165) is 24.5 Å². The number of anilines is 2. The van der Waals surface area contributed by atoms with Crippen molar-refractivity contribution in [1.82, 2.24) is 9.97 Å². The summed E-state index contributed by atoms with van der Waals surface area (Å²) in [6.45, 7) is 3.59. The second-order valence-corrected chi connectivity index (χ2v) is 6.13. The average molecular weight is 348 g/mol. The molecule has 5 nitrogen and oxygen atoms in total. The van der Waals surface area contributed by atoms with Crippen LogP contribution in [-0.2, 0) is 13.0 Å². The van der Waals surface area contributed by atoms with Gasteiger partial charge in [0.05, 0.1) is 7.11 Å². The Bertz CT molecular complexity index is 816. The lowest BCUT2D eigenvalue weighted by atomic mass is 10.1. The summed E-state index contributed by atoms with van der Waals surface area (Å²) in [5, 5.41) is 6.61. The topological polar surface area (TPSA) is 59.1 Å². The molecule has 0 amide bonds. The summed E-state index contributed by atoms with van der Waals surface area (Å²) in [7, 11) is 1.68. The molecule has 26 heavy (non-hydrogen) atoms. The number of nitrogens with one attached hydrogen (secondary N) is 2. The molecule has 5 heteroatoms. The van der Waals surface area contributed by atoms with Crippen molar-refractivity contribution < 1.29 is 4.74 Å². The van der Waals surface area contributed by atoms with Gasteiger partial charge in [-0.05, 0) is 42.7 Å². The lowest BCUT2D eigenvalue weighted by Gasteiger charge is -2.09. The standard InChI is InChI=1S/C21H24N4O/c1-16-3-5-18(6-4-16)15-24-21-23-14-12-20(25-21)22-13-11-17-7-9-19(26-2)10-8-17/h3-10,12,14H,11,13,15H2,1-2H3,(H2,22,23,24,25). The fourth-order valence-electron chi connectivity index (χ4n) is 2.56. The number of hydrogen-bond donors (Lipinski definition) is 2. The van der Waals surface area contributed by atoms with Crippen molar-refractivity contribution >= 4 is 11.8 Å². The Labute approximate surface area is 154 Å². The monoisotopic (exact) mass is 348 g/mol. The van der Waals surface area contributed by atoms with E-state index in [-0.39, 0.29) is 0 Å². The lowest BCUT2D eigenvalue weighted by Crippen LogP contribution is -2.09. The van der Waals surface area contributed by atoms with Crippen LogP contribution in [0.4, 0.5) is 11.8 Å². The van der Waals surface area contributed by atoms with Crippen LogP contribution in [0.1, 0.15) is 16.7 Å². The maximum atomic E-state index is 5.18. The van der Waals surface area contributed by atoms with E-state index in [1.54, 1.807) is 13.3 Å². The molecule has 0 radical (unpaired) electrons. The molecule has 0 atom stereocenters. The molecule has 0 spiro atoms. The zero-order valence-electron chi connectivity index (χ0n) is 15.2. The molecule has 0 saturated heterocycles. The Morgan fingerprint density at radius 1 is 0.885 bits per heavy atom. The predicted molar refractivity (Wildman–Crippen MR) is 106 cm³/mol. The Balaban J connectivity index is 1.49. The van der Waals surface area contributed by atoms with Crippen LogP contribution in [0.25, 0.3) is 0 Å². The summed E-state index contributed by atoms with van der Waals surface area (Å²) in [6.07, 6.45) is 2.68. The van der Waals surface area contributed by atoms with Gasteiger partial charge in [-0.2, -0.15) is 4.98 Å². The molecule has 3 aromatic rings. The molecule has 3 rings (SSSR count). The molecule has 0 bridgehead atoms. The molecule has 0 saturated carbocycles. The molecule has 2 aromatic carbocycles. The van der Waals surface area contributed by atoms with Crippen LogP contribution in [0.15, 0.2) is 60.8 Å². The Hall–Kier alpha value is -3.08. The summed E-state index contributed by atoms with van der Waals surface area (Å²) in [4.78, 5) is 8.79. The van der Waals surface area contributed by atoms with Crippen molar-refractivity contribution in [2.75, 3.05) is 24.3 Å². The van der Waals surface area contributed by atoms with Crippen LogP contribution >= 0.6 is 0 Å². The summed E-state index contributed by atoms with van der Waals surface area (Å²) in [6, 6.07) is 18.4. The highest BCUT2D eigenvalue weighted by molar-refractivity contribution is 5.40. The quantitative estimate of drug-likeness (QED) is 0.643. The third-order valence-corrected chi connectivity index (χ3v) is 4.11. The minimum Gasteiger partial charge on any atom is -0.497 e. The van der Waals surface area contributed by atoms with E-state index in [2.05, 4.69) is 63.9 Å². The number of ether oxygens (including phenoxy) is 1. The highest BCUT2D eigenvalue weighted by atomic mass is 16.5. The van der Waals surface area contributed by atoms with Crippen molar-refractivity contribution in [1.29, 1.82) is 0 Å². The van der Waals surface area contributed by atoms with E-state index in [9.17, 15) is 0 Å². The average Bonchev–Trinajstić information content (AvgIpc) is 2.68. The van der Waals surface area contributed by atoms with Crippen molar-refractivity contribution in [3.63, 3.8) is 0 Å². The Morgan fingerprint density at radius 3 is 2.35 bits per heavy atom. The molecular weight excluding hydrogens is 324 g/mol. The van der Waals surface area contributed by atoms with Gasteiger partial charge >= 0.3 is 0 Å².